The van der Waals surface area contributed by atoms with Gasteiger partial charge in [-0.15, -0.1) is 0 Å². The number of nitrogens with zero attached hydrogens (tertiary/aromatic N) is 1. The van der Waals surface area contributed by atoms with Gasteiger partial charge in [-0.1, -0.05) is 41.5 Å². The first kappa shape index (κ1) is 22.1. The van der Waals surface area contributed by atoms with Crippen LogP contribution in [-0.4, -0.2) is 57.1 Å². The molecule has 6 atom stereocenters. The lowest BCUT2D eigenvalue weighted by atomic mass is 9.70. The molecule has 6 unspecified atom stereocenters. The Labute approximate surface area is 180 Å². The molecular weight excluding hydrogens is 358 g/mol. The topological polar surface area (TPSA) is 18.5 Å². The second kappa shape index (κ2) is 6.94. The van der Waals surface area contributed by atoms with E-state index in [9.17, 15) is 0 Å². The second-order valence-electron chi connectivity index (χ2n) is 13.3. The van der Waals surface area contributed by atoms with Crippen molar-refractivity contribution < 1.29 is 14.0 Å². The summed E-state index contributed by atoms with van der Waals surface area (Å²) in [4.78, 5) is 0. The van der Waals surface area contributed by atoms with E-state index in [1.807, 2.05) is 0 Å². The molecule has 4 fully saturated rings. The van der Waals surface area contributed by atoms with Gasteiger partial charge in [-0.2, -0.15) is 0 Å². The van der Waals surface area contributed by atoms with Gasteiger partial charge in [0.25, 0.3) is 0 Å². The molecule has 4 aliphatic rings. The van der Waals surface area contributed by atoms with E-state index in [1.165, 1.54) is 38.5 Å². The van der Waals surface area contributed by atoms with E-state index in [2.05, 4.69) is 55.6 Å². The van der Waals surface area contributed by atoms with Crippen LogP contribution in [-0.2, 0) is 9.47 Å². The summed E-state index contributed by atoms with van der Waals surface area (Å²) < 4.78 is 14.0. The highest BCUT2D eigenvalue weighted by atomic mass is 16.5. The van der Waals surface area contributed by atoms with Crippen LogP contribution in [0, 0.1) is 33.5 Å². The van der Waals surface area contributed by atoms with E-state index < -0.39 is 0 Å². The molecule has 4 rings (SSSR count). The molecule has 0 N–H and O–H groups in total. The third-order valence-electron chi connectivity index (χ3n) is 11.5. The van der Waals surface area contributed by atoms with Crippen molar-refractivity contribution in [3.05, 3.63) is 0 Å². The predicted molar refractivity (Wildman–Crippen MR) is 120 cm³/mol. The Morgan fingerprint density at radius 2 is 1.07 bits per heavy atom. The van der Waals surface area contributed by atoms with Crippen LogP contribution in [0.15, 0.2) is 0 Å². The van der Waals surface area contributed by atoms with Gasteiger partial charge in [-0.3, -0.25) is 0 Å². The van der Waals surface area contributed by atoms with E-state index >= 15 is 0 Å². The van der Waals surface area contributed by atoms with Gasteiger partial charge in [-0.25, -0.2) is 0 Å². The summed E-state index contributed by atoms with van der Waals surface area (Å²) in [6.07, 6.45) is 8.97. The molecule has 0 aliphatic heterocycles. The smallest absolute Gasteiger partial charge is 0.102 e. The number of quaternary nitrogens is 1. The fraction of sp³-hybridized carbons (Fsp3) is 1.00. The van der Waals surface area contributed by atoms with Crippen LogP contribution >= 0.6 is 0 Å². The van der Waals surface area contributed by atoms with E-state index in [0.29, 0.717) is 33.9 Å². The summed E-state index contributed by atoms with van der Waals surface area (Å²) in [5.41, 5.74) is 1.64. The average molecular weight is 407 g/mol. The molecule has 3 nitrogen and oxygen atoms in total. The van der Waals surface area contributed by atoms with Crippen molar-refractivity contribution in [2.45, 2.75) is 92.3 Å². The zero-order valence-corrected chi connectivity index (χ0v) is 20.6. The molecule has 0 aromatic rings. The first-order chi connectivity index (χ1) is 13.3. The van der Waals surface area contributed by atoms with Crippen molar-refractivity contribution in [2.75, 3.05) is 40.4 Å². The zero-order valence-electron chi connectivity index (χ0n) is 20.6. The predicted octanol–water partition coefficient (Wildman–Crippen LogP) is 5.53. The first-order valence-electron chi connectivity index (χ1n) is 12.4. The molecule has 4 bridgehead atoms. The summed E-state index contributed by atoms with van der Waals surface area (Å²) in [5, 5.41) is 0. The Bertz CT molecular complexity index is 574. The third-order valence-corrected chi connectivity index (χ3v) is 11.5. The van der Waals surface area contributed by atoms with E-state index in [1.54, 1.807) is 0 Å². The maximum Gasteiger partial charge on any atom is 0.102 e. The minimum absolute atomic E-state index is 0.377. The van der Waals surface area contributed by atoms with Crippen molar-refractivity contribution in [3.8, 4) is 0 Å². The minimum atomic E-state index is 0.377. The maximum atomic E-state index is 6.52. The quantitative estimate of drug-likeness (QED) is 0.494. The molecule has 0 radical (unpaired) electrons. The fourth-order valence-corrected chi connectivity index (χ4v) is 7.76. The van der Waals surface area contributed by atoms with Gasteiger partial charge in [0.05, 0.1) is 39.5 Å². The van der Waals surface area contributed by atoms with Crippen molar-refractivity contribution in [1.82, 2.24) is 0 Å². The van der Waals surface area contributed by atoms with Gasteiger partial charge in [0.1, 0.15) is 13.1 Å². The fourth-order valence-electron chi connectivity index (χ4n) is 7.76. The van der Waals surface area contributed by atoms with Gasteiger partial charge in [0, 0.05) is 0 Å². The molecule has 0 spiro atoms. The summed E-state index contributed by atoms with van der Waals surface area (Å²) in [7, 11) is 4.68. The molecular formula is C26H48NO2+. The molecule has 0 aromatic heterocycles. The van der Waals surface area contributed by atoms with Gasteiger partial charge < -0.3 is 14.0 Å². The zero-order chi connectivity index (χ0) is 21.3. The molecule has 168 valence electrons. The summed E-state index contributed by atoms with van der Waals surface area (Å²) in [6, 6.07) is 0. The number of ether oxygens (including phenoxy) is 2. The van der Waals surface area contributed by atoms with Crippen LogP contribution in [0.25, 0.3) is 0 Å². The lowest BCUT2D eigenvalue weighted by Crippen LogP contribution is -2.47. The highest BCUT2D eigenvalue weighted by Gasteiger charge is 2.62. The molecule has 4 aliphatic carbocycles. The van der Waals surface area contributed by atoms with Crippen molar-refractivity contribution >= 4 is 0 Å². The summed E-state index contributed by atoms with van der Waals surface area (Å²) in [6.45, 7) is 18.8. The van der Waals surface area contributed by atoms with Crippen LogP contribution in [0.4, 0.5) is 0 Å². The van der Waals surface area contributed by atoms with Crippen LogP contribution in [0.2, 0.25) is 0 Å². The van der Waals surface area contributed by atoms with Crippen molar-refractivity contribution in [1.29, 1.82) is 0 Å². The molecule has 0 amide bonds. The first-order valence-corrected chi connectivity index (χ1v) is 12.4. The number of hydrogen-bond acceptors (Lipinski definition) is 2. The second-order valence-corrected chi connectivity index (χ2v) is 13.3. The van der Waals surface area contributed by atoms with Gasteiger partial charge in [-0.05, 0) is 72.0 Å². The summed E-state index contributed by atoms with van der Waals surface area (Å²) >= 11 is 0. The SMILES string of the molecule is CC1(C)C2CCC1(C)C(OCC[N+](C)(C)CCOC1CC3CCC1(C)C3(C)C)C2. The Balaban J connectivity index is 1.21. The van der Waals surface area contributed by atoms with E-state index in [4.69, 9.17) is 9.47 Å². The average Bonchev–Trinajstić information content (AvgIpc) is 3.13. The van der Waals surface area contributed by atoms with E-state index in [-0.39, 0.29) is 0 Å². The third kappa shape index (κ3) is 3.24. The number of likely N-dealkylation sites (N-methyl/N-ethyl adjacent to an activating group) is 1. The van der Waals surface area contributed by atoms with Crippen LogP contribution in [0.3, 0.4) is 0 Å². The Morgan fingerprint density at radius 1 is 0.690 bits per heavy atom. The molecule has 29 heavy (non-hydrogen) atoms. The highest BCUT2D eigenvalue weighted by molar-refractivity contribution is 5.12. The minimum Gasteiger partial charge on any atom is -0.372 e. The number of hydrogen-bond donors (Lipinski definition) is 0. The van der Waals surface area contributed by atoms with Crippen molar-refractivity contribution in [2.24, 2.45) is 33.5 Å². The van der Waals surface area contributed by atoms with Crippen LogP contribution < -0.4 is 0 Å². The summed E-state index contributed by atoms with van der Waals surface area (Å²) in [5.74, 6) is 1.72. The van der Waals surface area contributed by atoms with Gasteiger partial charge >= 0.3 is 0 Å². The Kier molecular flexibility index (Phi) is 5.28. The molecule has 0 heterocycles. The molecule has 0 saturated heterocycles. The monoisotopic (exact) mass is 406 g/mol. The maximum absolute atomic E-state index is 6.52. The highest BCUT2D eigenvalue weighted by Crippen LogP contribution is 2.67. The lowest BCUT2D eigenvalue weighted by molar-refractivity contribution is -0.891. The van der Waals surface area contributed by atoms with Crippen LogP contribution in [0.1, 0.15) is 80.1 Å². The lowest BCUT2D eigenvalue weighted by Gasteiger charge is -2.40. The standard InChI is InChI=1S/C26H48NO2/c1-23(2)19-9-11-25(23,5)21(17-19)28-15-13-27(7,8)14-16-29-22-18-20-10-12-26(22,6)24(20,3)4/h19-22H,9-18H2,1-8H3/q+1. The van der Waals surface area contributed by atoms with E-state index in [0.717, 1.165) is 42.6 Å². The molecule has 3 heteroatoms. The van der Waals surface area contributed by atoms with Gasteiger partial charge in [0.2, 0.25) is 0 Å². The van der Waals surface area contributed by atoms with Crippen LogP contribution in [0.5, 0.6) is 0 Å². The largest absolute Gasteiger partial charge is 0.372 e. The molecule has 4 saturated carbocycles. The molecule has 0 aromatic carbocycles. The van der Waals surface area contributed by atoms with Crippen molar-refractivity contribution in [3.63, 3.8) is 0 Å². The Morgan fingerprint density at radius 3 is 1.34 bits per heavy atom. The number of rotatable bonds is 8. The normalized spacial score (nSPS) is 44.7. The Hall–Kier alpha value is -0.120. The van der Waals surface area contributed by atoms with Gasteiger partial charge in [0.15, 0.2) is 0 Å². The number of fused-ring (bicyclic) bond motifs is 4.